The molecule has 0 saturated carbocycles. The normalized spacial score (nSPS) is 19.3. The van der Waals surface area contributed by atoms with Crippen LogP contribution in [0.25, 0.3) is 0 Å². The van der Waals surface area contributed by atoms with Gasteiger partial charge in [-0.05, 0) is 30.7 Å². The van der Waals surface area contributed by atoms with Gasteiger partial charge in [0.25, 0.3) is 10.0 Å². The number of hydrogen-bond donors (Lipinski definition) is 1. The average molecular weight is 317 g/mol. The predicted molar refractivity (Wildman–Crippen MR) is 77.7 cm³/mol. The summed E-state index contributed by atoms with van der Waals surface area (Å²) in [5, 5.41) is 10.3. The molecule has 1 aliphatic rings. The van der Waals surface area contributed by atoms with Gasteiger partial charge in [0.2, 0.25) is 0 Å². The summed E-state index contributed by atoms with van der Waals surface area (Å²) in [4.78, 5) is 10.9. The lowest BCUT2D eigenvalue weighted by Crippen LogP contribution is -2.31. The molecular weight excluding hydrogens is 298 g/mol. The molecule has 1 aliphatic heterocycles. The molecule has 0 bridgehead atoms. The average Bonchev–Trinajstić information content (AvgIpc) is 3.07. The van der Waals surface area contributed by atoms with Crippen molar-refractivity contribution in [3.63, 3.8) is 0 Å². The van der Waals surface area contributed by atoms with E-state index in [1.165, 1.54) is 15.8 Å². The van der Waals surface area contributed by atoms with Gasteiger partial charge >= 0.3 is 5.97 Å². The summed E-state index contributed by atoms with van der Waals surface area (Å²) in [5.74, 6) is -1.10. The van der Waals surface area contributed by atoms with Gasteiger partial charge in [0.15, 0.2) is 0 Å². The van der Waals surface area contributed by atoms with Crippen LogP contribution in [0.1, 0.15) is 43.5 Å². The van der Waals surface area contributed by atoms with Gasteiger partial charge in [0.1, 0.15) is 4.21 Å². The van der Waals surface area contributed by atoms with Gasteiger partial charge in [-0.15, -0.1) is 11.3 Å². The first kappa shape index (κ1) is 15.5. The van der Waals surface area contributed by atoms with Crippen LogP contribution in [0, 0.1) is 5.41 Å². The third-order valence-electron chi connectivity index (χ3n) is 4.32. The highest BCUT2D eigenvalue weighted by Gasteiger charge is 2.41. The molecule has 0 atom stereocenters. The van der Waals surface area contributed by atoms with Crippen LogP contribution < -0.4 is 0 Å². The molecule has 0 amide bonds. The van der Waals surface area contributed by atoms with E-state index in [1.54, 1.807) is 0 Å². The van der Waals surface area contributed by atoms with E-state index in [4.69, 9.17) is 5.11 Å². The number of carbonyl (C=O) groups is 1. The largest absolute Gasteiger partial charge is 0.478 e. The Labute approximate surface area is 123 Å². The lowest BCUT2D eigenvalue weighted by atomic mass is 9.82. The predicted octanol–water partition coefficient (Wildman–Crippen LogP) is 2.65. The molecule has 1 aromatic heterocycles. The molecule has 20 heavy (non-hydrogen) atoms. The molecule has 112 valence electrons. The molecule has 1 fully saturated rings. The number of thiophene rings is 1. The highest BCUT2D eigenvalue weighted by atomic mass is 32.2. The molecule has 5 nitrogen and oxygen atoms in total. The molecule has 0 aromatic carbocycles. The monoisotopic (exact) mass is 317 g/mol. The van der Waals surface area contributed by atoms with Crippen molar-refractivity contribution in [2.45, 2.75) is 37.3 Å². The smallest absolute Gasteiger partial charge is 0.336 e. The van der Waals surface area contributed by atoms with Gasteiger partial charge in [-0.3, -0.25) is 0 Å². The van der Waals surface area contributed by atoms with Crippen molar-refractivity contribution in [2.24, 2.45) is 5.41 Å². The van der Waals surface area contributed by atoms with Crippen molar-refractivity contribution in [1.82, 2.24) is 4.31 Å². The zero-order valence-corrected chi connectivity index (χ0v) is 13.3. The lowest BCUT2D eigenvalue weighted by Gasteiger charge is -2.26. The molecular formula is C13H19NO4S2. The van der Waals surface area contributed by atoms with Crippen LogP contribution in [0.4, 0.5) is 0 Å². The minimum Gasteiger partial charge on any atom is -0.478 e. The Kier molecular flexibility index (Phi) is 4.22. The molecule has 7 heteroatoms. The van der Waals surface area contributed by atoms with E-state index in [0.29, 0.717) is 13.1 Å². The molecule has 0 spiro atoms. The van der Waals surface area contributed by atoms with E-state index < -0.39 is 16.0 Å². The summed E-state index contributed by atoms with van der Waals surface area (Å²) >= 11 is 0.977. The Morgan fingerprint density at radius 3 is 2.55 bits per heavy atom. The van der Waals surface area contributed by atoms with E-state index in [1.807, 2.05) is 0 Å². The highest BCUT2D eigenvalue weighted by Crippen LogP contribution is 2.39. The van der Waals surface area contributed by atoms with Gasteiger partial charge in [0, 0.05) is 18.5 Å². The van der Waals surface area contributed by atoms with Crippen molar-refractivity contribution in [3.8, 4) is 0 Å². The fourth-order valence-electron chi connectivity index (χ4n) is 2.62. The van der Waals surface area contributed by atoms with Gasteiger partial charge in [0.05, 0.1) is 5.56 Å². The van der Waals surface area contributed by atoms with Crippen LogP contribution in [0.5, 0.6) is 0 Å². The minimum absolute atomic E-state index is 0.0324. The van der Waals surface area contributed by atoms with Crippen molar-refractivity contribution in [2.75, 3.05) is 13.1 Å². The van der Waals surface area contributed by atoms with Crippen LogP contribution in [0.3, 0.4) is 0 Å². The minimum atomic E-state index is -3.55. The molecule has 0 aliphatic carbocycles. The number of rotatable bonds is 5. The third kappa shape index (κ3) is 2.62. The van der Waals surface area contributed by atoms with Crippen LogP contribution in [0.15, 0.2) is 15.7 Å². The summed E-state index contributed by atoms with van der Waals surface area (Å²) in [6.07, 6.45) is 2.79. The van der Waals surface area contributed by atoms with Gasteiger partial charge < -0.3 is 5.11 Å². The summed E-state index contributed by atoms with van der Waals surface area (Å²) in [6, 6.07) is 1.25. The summed E-state index contributed by atoms with van der Waals surface area (Å²) < 4.78 is 26.7. The summed E-state index contributed by atoms with van der Waals surface area (Å²) in [7, 11) is -3.55. The number of carboxylic acid groups (broad SMARTS) is 1. The highest BCUT2D eigenvalue weighted by molar-refractivity contribution is 7.91. The lowest BCUT2D eigenvalue weighted by molar-refractivity contribution is 0.0697. The van der Waals surface area contributed by atoms with E-state index in [0.717, 1.165) is 30.6 Å². The fourth-order valence-corrected chi connectivity index (χ4v) is 5.48. The van der Waals surface area contributed by atoms with E-state index in [2.05, 4.69) is 13.8 Å². The zero-order valence-electron chi connectivity index (χ0n) is 11.6. The second kappa shape index (κ2) is 5.46. The van der Waals surface area contributed by atoms with Crippen molar-refractivity contribution in [3.05, 3.63) is 17.0 Å². The van der Waals surface area contributed by atoms with E-state index >= 15 is 0 Å². The number of sulfonamides is 1. The second-order valence-electron chi connectivity index (χ2n) is 5.26. The molecule has 1 aromatic rings. The number of nitrogens with zero attached hydrogens (tertiary/aromatic N) is 1. The number of carboxylic acids is 1. The topological polar surface area (TPSA) is 74.7 Å². The molecule has 0 unspecified atom stereocenters. The van der Waals surface area contributed by atoms with Crippen LogP contribution in [-0.2, 0) is 10.0 Å². The number of hydrogen-bond acceptors (Lipinski definition) is 4. The molecule has 1 N–H and O–H groups in total. The van der Waals surface area contributed by atoms with Crippen molar-refractivity contribution in [1.29, 1.82) is 0 Å². The van der Waals surface area contributed by atoms with E-state index in [9.17, 15) is 13.2 Å². The van der Waals surface area contributed by atoms with Crippen LogP contribution >= 0.6 is 11.3 Å². The second-order valence-corrected chi connectivity index (χ2v) is 8.33. The Morgan fingerprint density at radius 1 is 1.45 bits per heavy atom. The first-order valence-electron chi connectivity index (χ1n) is 6.66. The van der Waals surface area contributed by atoms with Crippen LogP contribution in [-0.4, -0.2) is 36.9 Å². The summed E-state index contributed by atoms with van der Waals surface area (Å²) in [6.45, 7) is 5.23. The molecule has 2 rings (SSSR count). The Morgan fingerprint density at radius 2 is 2.10 bits per heavy atom. The maximum atomic E-state index is 12.5. The zero-order chi connectivity index (χ0) is 15.0. The Bertz CT molecular complexity index is 602. The Hall–Kier alpha value is -0.920. The Balaban J connectivity index is 2.25. The quantitative estimate of drug-likeness (QED) is 0.906. The van der Waals surface area contributed by atoms with E-state index in [-0.39, 0.29) is 15.2 Å². The van der Waals surface area contributed by atoms with Gasteiger partial charge in [-0.1, -0.05) is 13.8 Å². The standard InChI is InChI=1S/C13H19NO4S2/c1-3-13(4-2)5-6-14(9-13)20(17,18)11-7-10(8-19-11)12(15)16/h7-8H,3-6,9H2,1-2H3,(H,15,16). The molecule has 1 saturated heterocycles. The first-order valence-corrected chi connectivity index (χ1v) is 8.98. The number of aromatic carboxylic acids is 1. The van der Waals surface area contributed by atoms with Crippen molar-refractivity contribution < 1.29 is 18.3 Å². The third-order valence-corrected chi connectivity index (χ3v) is 7.58. The van der Waals surface area contributed by atoms with Gasteiger partial charge in [-0.2, -0.15) is 4.31 Å². The van der Waals surface area contributed by atoms with Crippen molar-refractivity contribution >= 4 is 27.3 Å². The maximum absolute atomic E-state index is 12.5. The van der Waals surface area contributed by atoms with Crippen LogP contribution in [0.2, 0.25) is 0 Å². The summed E-state index contributed by atoms with van der Waals surface area (Å²) in [5.41, 5.74) is 0.102. The molecule has 0 radical (unpaired) electrons. The first-order chi connectivity index (χ1) is 9.34. The maximum Gasteiger partial charge on any atom is 0.336 e. The molecule has 2 heterocycles. The van der Waals surface area contributed by atoms with Gasteiger partial charge in [-0.25, -0.2) is 13.2 Å². The fraction of sp³-hybridized carbons (Fsp3) is 0.615. The SMILES string of the molecule is CCC1(CC)CCN(S(=O)(=O)c2cc(C(=O)O)cs2)C1.